The Kier molecular flexibility index (Phi) is 7.36. The first-order valence-electron chi connectivity index (χ1n) is 8.35. The number of ether oxygens (including phenoxy) is 2. The number of benzene rings is 1. The van der Waals surface area contributed by atoms with Crippen LogP contribution in [0.1, 0.15) is 35.8 Å². The van der Waals surface area contributed by atoms with Crippen LogP contribution in [0, 0.1) is 0 Å². The highest BCUT2D eigenvalue weighted by Crippen LogP contribution is 2.27. The minimum absolute atomic E-state index is 0.0351. The molecule has 26 heavy (non-hydrogen) atoms. The molecule has 0 amide bonds. The summed E-state index contributed by atoms with van der Waals surface area (Å²) in [5.74, 6) is -0.0324. The lowest BCUT2D eigenvalue weighted by atomic mass is 10.1. The number of hydrogen-bond acceptors (Lipinski definition) is 5. The molecule has 6 nitrogen and oxygen atoms in total. The van der Waals surface area contributed by atoms with Gasteiger partial charge in [-0.15, -0.1) is 0 Å². The van der Waals surface area contributed by atoms with Gasteiger partial charge in [0, 0.05) is 18.1 Å². The van der Waals surface area contributed by atoms with Gasteiger partial charge in [0.25, 0.3) is 0 Å². The van der Waals surface area contributed by atoms with E-state index in [0.717, 1.165) is 0 Å². The van der Waals surface area contributed by atoms with Crippen molar-refractivity contribution in [2.45, 2.75) is 19.8 Å². The average Bonchev–Trinajstić information content (AvgIpc) is 2.65. The normalized spacial score (nSPS) is 10.7. The maximum Gasteiger partial charge on any atom is 0.303 e. The van der Waals surface area contributed by atoms with Crippen molar-refractivity contribution >= 4 is 17.8 Å². The number of carboxylic acid groups (broad SMARTS) is 1. The van der Waals surface area contributed by atoms with Crippen molar-refractivity contribution in [3.63, 3.8) is 0 Å². The molecule has 0 atom stereocenters. The van der Waals surface area contributed by atoms with E-state index < -0.39 is 5.97 Å². The smallest absolute Gasteiger partial charge is 0.303 e. The number of hydrogen-bond donors (Lipinski definition) is 1. The van der Waals surface area contributed by atoms with Crippen molar-refractivity contribution in [2.24, 2.45) is 0 Å². The summed E-state index contributed by atoms with van der Waals surface area (Å²) in [6.07, 6.45) is 5.01. The molecule has 1 aromatic carbocycles. The number of carbonyl (C=O) groups is 2. The Morgan fingerprint density at radius 3 is 2.62 bits per heavy atom. The maximum atomic E-state index is 12.1. The van der Waals surface area contributed by atoms with Gasteiger partial charge in [0.15, 0.2) is 17.3 Å². The van der Waals surface area contributed by atoms with Gasteiger partial charge in [-0.05, 0) is 25.5 Å². The minimum Gasteiger partial charge on any atom is -0.490 e. The van der Waals surface area contributed by atoms with Crippen molar-refractivity contribution in [1.82, 2.24) is 4.98 Å². The number of aliphatic carboxylic acids is 1. The van der Waals surface area contributed by atoms with Gasteiger partial charge in [-0.25, -0.2) is 0 Å². The summed E-state index contributed by atoms with van der Waals surface area (Å²) in [7, 11) is 0. The van der Waals surface area contributed by atoms with Crippen LogP contribution in [0.25, 0.3) is 6.08 Å². The first-order chi connectivity index (χ1) is 12.6. The molecule has 2 rings (SSSR count). The van der Waals surface area contributed by atoms with Crippen molar-refractivity contribution in [2.75, 3.05) is 13.2 Å². The molecule has 0 saturated carbocycles. The summed E-state index contributed by atoms with van der Waals surface area (Å²) < 4.78 is 11.1. The third-order valence-electron chi connectivity index (χ3n) is 3.41. The highest BCUT2D eigenvalue weighted by Gasteiger charge is 2.08. The van der Waals surface area contributed by atoms with E-state index in [2.05, 4.69) is 4.98 Å². The van der Waals surface area contributed by atoms with Gasteiger partial charge in [-0.2, -0.15) is 0 Å². The zero-order chi connectivity index (χ0) is 18.8. The van der Waals surface area contributed by atoms with Crippen LogP contribution < -0.4 is 9.47 Å². The number of aromatic nitrogens is 1. The molecule has 0 spiro atoms. The molecular weight excluding hydrogens is 334 g/mol. The van der Waals surface area contributed by atoms with Crippen LogP contribution in [0.15, 0.2) is 48.7 Å². The lowest BCUT2D eigenvalue weighted by Gasteiger charge is -2.11. The van der Waals surface area contributed by atoms with Gasteiger partial charge in [0.2, 0.25) is 0 Å². The largest absolute Gasteiger partial charge is 0.490 e. The Hall–Kier alpha value is -3.15. The van der Waals surface area contributed by atoms with E-state index in [1.807, 2.05) is 13.0 Å². The summed E-state index contributed by atoms with van der Waals surface area (Å²) >= 11 is 0. The van der Waals surface area contributed by atoms with E-state index in [-0.39, 0.29) is 18.8 Å². The molecule has 0 fully saturated rings. The van der Waals surface area contributed by atoms with Crippen LogP contribution in [-0.2, 0) is 4.79 Å². The van der Waals surface area contributed by atoms with Crippen LogP contribution in [0.3, 0.4) is 0 Å². The second-order valence-corrected chi connectivity index (χ2v) is 5.40. The first-order valence-corrected chi connectivity index (χ1v) is 8.35. The standard InChI is InChI=1S/C20H21NO5/c1-2-25-19-14-21-16(13-18(19)26-12-6-9-20(23)24)10-11-17(22)15-7-4-3-5-8-15/h3-5,7-8,10-11,13-14H,2,6,9,12H2,1H3,(H,23,24)/b11-10+. The van der Waals surface area contributed by atoms with E-state index >= 15 is 0 Å². The van der Waals surface area contributed by atoms with Crippen molar-refractivity contribution in [1.29, 1.82) is 0 Å². The van der Waals surface area contributed by atoms with E-state index in [1.165, 1.54) is 12.3 Å². The Labute approximate surface area is 152 Å². The number of allylic oxidation sites excluding steroid dienone is 1. The fourth-order valence-corrected chi connectivity index (χ4v) is 2.17. The first kappa shape index (κ1) is 19.2. The molecule has 1 heterocycles. The van der Waals surface area contributed by atoms with Gasteiger partial charge in [-0.3, -0.25) is 14.6 Å². The van der Waals surface area contributed by atoms with Gasteiger partial charge < -0.3 is 14.6 Å². The topological polar surface area (TPSA) is 85.7 Å². The van der Waals surface area contributed by atoms with E-state index in [0.29, 0.717) is 35.8 Å². The van der Waals surface area contributed by atoms with Crippen LogP contribution in [-0.4, -0.2) is 35.1 Å². The molecule has 1 N–H and O–H groups in total. The summed E-state index contributed by atoms with van der Waals surface area (Å²) in [6, 6.07) is 10.6. The molecule has 0 unspecified atom stereocenters. The third-order valence-corrected chi connectivity index (χ3v) is 3.41. The van der Waals surface area contributed by atoms with Crippen molar-refractivity contribution < 1.29 is 24.2 Å². The number of carbonyl (C=O) groups excluding carboxylic acids is 1. The summed E-state index contributed by atoms with van der Waals surface area (Å²) in [5.41, 5.74) is 1.14. The van der Waals surface area contributed by atoms with Crippen molar-refractivity contribution in [3.8, 4) is 11.5 Å². The molecule has 136 valence electrons. The fourth-order valence-electron chi connectivity index (χ4n) is 2.17. The summed E-state index contributed by atoms with van der Waals surface area (Å²) in [6.45, 7) is 2.55. The monoisotopic (exact) mass is 355 g/mol. The molecule has 1 aromatic heterocycles. The number of nitrogens with zero attached hydrogens (tertiary/aromatic N) is 1. The molecular formula is C20H21NO5. The zero-order valence-corrected chi connectivity index (χ0v) is 14.6. The predicted molar refractivity (Wildman–Crippen MR) is 97.6 cm³/mol. The lowest BCUT2D eigenvalue weighted by molar-refractivity contribution is -0.137. The quantitative estimate of drug-likeness (QED) is 0.398. The minimum atomic E-state index is -0.864. The number of pyridine rings is 1. The molecule has 0 bridgehead atoms. The summed E-state index contributed by atoms with van der Waals surface area (Å²) in [5, 5.41) is 8.68. The van der Waals surface area contributed by atoms with Gasteiger partial charge in [0.1, 0.15) is 0 Å². The third kappa shape index (κ3) is 6.05. The predicted octanol–water partition coefficient (Wildman–Crippen LogP) is 3.62. The van der Waals surface area contributed by atoms with Crippen LogP contribution >= 0.6 is 0 Å². The highest BCUT2D eigenvalue weighted by atomic mass is 16.5. The highest BCUT2D eigenvalue weighted by molar-refractivity contribution is 6.06. The Balaban J connectivity index is 2.08. The maximum absolute atomic E-state index is 12.1. The van der Waals surface area contributed by atoms with Crippen LogP contribution in [0.2, 0.25) is 0 Å². The SMILES string of the molecule is CCOc1cnc(/C=C/C(=O)c2ccccc2)cc1OCCCC(=O)O. The van der Waals surface area contributed by atoms with Crippen LogP contribution in [0.4, 0.5) is 0 Å². The zero-order valence-electron chi connectivity index (χ0n) is 14.6. The van der Waals surface area contributed by atoms with E-state index in [1.54, 1.807) is 36.4 Å². The molecule has 0 radical (unpaired) electrons. The molecule has 6 heteroatoms. The van der Waals surface area contributed by atoms with Gasteiger partial charge in [0.05, 0.1) is 25.1 Å². The van der Waals surface area contributed by atoms with E-state index in [4.69, 9.17) is 14.6 Å². The molecule has 0 aliphatic heterocycles. The van der Waals surface area contributed by atoms with Crippen molar-refractivity contribution in [3.05, 3.63) is 59.9 Å². The number of carboxylic acids is 1. The second-order valence-electron chi connectivity index (χ2n) is 5.40. The Morgan fingerprint density at radius 2 is 1.92 bits per heavy atom. The molecule has 2 aromatic rings. The lowest BCUT2D eigenvalue weighted by Crippen LogP contribution is -2.04. The fraction of sp³-hybridized carbons (Fsp3) is 0.250. The number of ketones is 1. The van der Waals surface area contributed by atoms with Gasteiger partial charge >= 0.3 is 5.97 Å². The average molecular weight is 355 g/mol. The van der Waals surface area contributed by atoms with E-state index in [9.17, 15) is 9.59 Å². The Bertz CT molecular complexity index is 771. The molecule has 0 saturated heterocycles. The number of rotatable bonds is 10. The molecule has 0 aliphatic carbocycles. The van der Waals surface area contributed by atoms with Crippen LogP contribution in [0.5, 0.6) is 11.5 Å². The summed E-state index contributed by atoms with van der Waals surface area (Å²) in [4.78, 5) is 26.9. The molecule has 0 aliphatic rings. The second kappa shape index (κ2) is 9.98. The van der Waals surface area contributed by atoms with Gasteiger partial charge in [-0.1, -0.05) is 30.3 Å². The Morgan fingerprint density at radius 1 is 1.15 bits per heavy atom.